The van der Waals surface area contributed by atoms with E-state index in [1.54, 1.807) is 7.11 Å². The first-order valence-corrected chi connectivity index (χ1v) is 8.10. The van der Waals surface area contributed by atoms with Crippen molar-refractivity contribution in [2.24, 2.45) is 0 Å². The van der Waals surface area contributed by atoms with Crippen LogP contribution < -0.4 is 4.74 Å². The smallest absolute Gasteiger partial charge is 0.118 e. The molecule has 0 saturated heterocycles. The van der Waals surface area contributed by atoms with E-state index in [2.05, 4.69) is 73.7 Å². The number of hydrogen-bond acceptors (Lipinski definition) is 1. The standard InChI is InChI=1S/C22H20O/c1-15-3-5-16(6-4-15)19-11-13-22-20(12-14-21(19)22)17-7-9-18(23-2)10-8-17/h3-11,13-14,20H,12H2,1-2H3. The number of allylic oxidation sites excluding steroid dienone is 6. The first kappa shape index (κ1) is 14.1. The van der Waals surface area contributed by atoms with Crippen LogP contribution in [-0.2, 0) is 0 Å². The molecule has 0 radical (unpaired) electrons. The SMILES string of the molecule is COc1ccc(C2CC=C3C(c4ccc(C)cc4)=CC=C32)cc1. The third-order valence-electron chi connectivity index (χ3n) is 4.84. The highest BCUT2D eigenvalue weighted by Crippen LogP contribution is 2.47. The summed E-state index contributed by atoms with van der Waals surface area (Å²) in [4.78, 5) is 0. The Hall–Kier alpha value is -2.54. The lowest BCUT2D eigenvalue weighted by molar-refractivity contribution is 0.414. The second-order valence-corrected chi connectivity index (χ2v) is 6.25. The number of methoxy groups -OCH3 is 1. The van der Waals surface area contributed by atoms with Gasteiger partial charge in [0, 0.05) is 5.92 Å². The lowest BCUT2D eigenvalue weighted by atomic mass is 9.90. The van der Waals surface area contributed by atoms with Gasteiger partial charge in [-0.25, -0.2) is 0 Å². The molecule has 0 aliphatic heterocycles. The summed E-state index contributed by atoms with van der Waals surface area (Å²) in [7, 11) is 1.71. The Labute approximate surface area is 137 Å². The number of benzene rings is 2. The van der Waals surface area contributed by atoms with Crippen LogP contribution in [0.1, 0.15) is 29.0 Å². The van der Waals surface area contributed by atoms with Crippen LogP contribution in [0.2, 0.25) is 0 Å². The van der Waals surface area contributed by atoms with Crippen LogP contribution >= 0.6 is 0 Å². The summed E-state index contributed by atoms with van der Waals surface area (Å²) in [6, 6.07) is 17.3. The molecule has 2 aliphatic rings. The van der Waals surface area contributed by atoms with Gasteiger partial charge in [0.1, 0.15) is 5.75 Å². The second kappa shape index (κ2) is 5.58. The van der Waals surface area contributed by atoms with Crippen molar-refractivity contribution in [2.75, 3.05) is 7.11 Å². The van der Waals surface area contributed by atoms with Gasteiger partial charge in [-0.3, -0.25) is 0 Å². The summed E-state index contributed by atoms with van der Waals surface area (Å²) in [6.45, 7) is 2.13. The van der Waals surface area contributed by atoms with Gasteiger partial charge >= 0.3 is 0 Å². The Balaban J connectivity index is 1.59. The molecule has 0 aromatic heterocycles. The normalized spacial score (nSPS) is 19.0. The molecule has 114 valence electrons. The van der Waals surface area contributed by atoms with Crippen molar-refractivity contribution < 1.29 is 4.74 Å². The Morgan fingerprint density at radius 1 is 0.870 bits per heavy atom. The van der Waals surface area contributed by atoms with Crippen LogP contribution in [0.5, 0.6) is 5.75 Å². The molecule has 0 saturated carbocycles. The maximum Gasteiger partial charge on any atom is 0.118 e. The first-order chi connectivity index (χ1) is 11.3. The second-order valence-electron chi connectivity index (χ2n) is 6.25. The molecular weight excluding hydrogens is 280 g/mol. The molecule has 2 aromatic rings. The van der Waals surface area contributed by atoms with Gasteiger partial charge in [-0.1, -0.05) is 60.2 Å². The van der Waals surface area contributed by atoms with Gasteiger partial charge in [-0.05, 0) is 53.3 Å². The highest BCUT2D eigenvalue weighted by Gasteiger charge is 2.29. The zero-order valence-electron chi connectivity index (χ0n) is 13.5. The van der Waals surface area contributed by atoms with Crippen molar-refractivity contribution in [1.82, 2.24) is 0 Å². The van der Waals surface area contributed by atoms with Gasteiger partial charge in [0.05, 0.1) is 7.11 Å². The van der Waals surface area contributed by atoms with E-state index < -0.39 is 0 Å². The number of rotatable bonds is 3. The predicted octanol–water partition coefficient (Wildman–Crippen LogP) is 5.44. The average Bonchev–Trinajstić information content (AvgIpc) is 3.18. The molecule has 0 N–H and O–H groups in total. The zero-order chi connectivity index (χ0) is 15.8. The van der Waals surface area contributed by atoms with Crippen molar-refractivity contribution in [3.05, 3.63) is 94.6 Å². The van der Waals surface area contributed by atoms with Crippen molar-refractivity contribution in [3.8, 4) is 5.75 Å². The van der Waals surface area contributed by atoms with Gasteiger partial charge in [0.15, 0.2) is 0 Å². The van der Waals surface area contributed by atoms with Crippen LogP contribution in [0.25, 0.3) is 5.57 Å². The third kappa shape index (κ3) is 2.43. The maximum absolute atomic E-state index is 5.27. The number of hydrogen-bond donors (Lipinski definition) is 0. The fraction of sp³-hybridized carbons (Fsp3) is 0.182. The van der Waals surface area contributed by atoms with Gasteiger partial charge in [-0.2, -0.15) is 0 Å². The van der Waals surface area contributed by atoms with Crippen molar-refractivity contribution in [3.63, 3.8) is 0 Å². The van der Waals surface area contributed by atoms with Gasteiger partial charge in [0.25, 0.3) is 0 Å². The highest BCUT2D eigenvalue weighted by molar-refractivity contribution is 5.90. The predicted molar refractivity (Wildman–Crippen MR) is 95.7 cm³/mol. The Morgan fingerprint density at radius 3 is 2.30 bits per heavy atom. The average molecular weight is 300 g/mol. The van der Waals surface area contributed by atoms with Crippen LogP contribution in [0.15, 0.2) is 77.9 Å². The number of fused-ring (bicyclic) bond motifs is 1. The molecule has 1 unspecified atom stereocenters. The zero-order valence-corrected chi connectivity index (χ0v) is 13.5. The van der Waals surface area contributed by atoms with Crippen molar-refractivity contribution in [2.45, 2.75) is 19.3 Å². The summed E-state index contributed by atoms with van der Waals surface area (Å²) in [5.41, 5.74) is 8.19. The van der Waals surface area contributed by atoms with Crippen molar-refractivity contribution in [1.29, 1.82) is 0 Å². The van der Waals surface area contributed by atoms with Crippen LogP contribution in [0.3, 0.4) is 0 Å². The highest BCUT2D eigenvalue weighted by atomic mass is 16.5. The lowest BCUT2D eigenvalue weighted by Crippen LogP contribution is -1.97. The molecule has 0 fully saturated rings. The first-order valence-electron chi connectivity index (χ1n) is 8.10. The van der Waals surface area contributed by atoms with Crippen molar-refractivity contribution >= 4 is 5.57 Å². The fourth-order valence-corrected chi connectivity index (χ4v) is 3.54. The molecule has 0 heterocycles. The molecule has 4 rings (SSSR count). The van der Waals surface area contributed by atoms with E-state index in [1.807, 2.05) is 0 Å². The molecular formula is C22H20O. The molecule has 0 spiro atoms. The summed E-state index contributed by atoms with van der Waals surface area (Å²) >= 11 is 0. The summed E-state index contributed by atoms with van der Waals surface area (Å²) in [5.74, 6) is 1.38. The number of aryl methyl sites for hydroxylation is 1. The summed E-state index contributed by atoms with van der Waals surface area (Å²) < 4.78 is 5.27. The molecule has 23 heavy (non-hydrogen) atoms. The Bertz CT molecular complexity index is 817. The minimum Gasteiger partial charge on any atom is -0.497 e. The molecule has 2 aromatic carbocycles. The summed E-state index contributed by atoms with van der Waals surface area (Å²) in [5, 5.41) is 0. The largest absolute Gasteiger partial charge is 0.497 e. The fourth-order valence-electron chi connectivity index (χ4n) is 3.54. The maximum atomic E-state index is 5.27. The van der Waals surface area contributed by atoms with E-state index >= 15 is 0 Å². The summed E-state index contributed by atoms with van der Waals surface area (Å²) in [6.07, 6.45) is 8.03. The molecule has 0 bridgehead atoms. The van der Waals surface area contributed by atoms with E-state index in [4.69, 9.17) is 4.74 Å². The third-order valence-corrected chi connectivity index (χ3v) is 4.84. The molecule has 2 aliphatic carbocycles. The molecule has 0 amide bonds. The van der Waals surface area contributed by atoms with Crippen LogP contribution in [0, 0.1) is 6.92 Å². The monoisotopic (exact) mass is 300 g/mol. The number of ether oxygens (including phenoxy) is 1. The van der Waals surface area contributed by atoms with E-state index in [0.717, 1.165) is 12.2 Å². The van der Waals surface area contributed by atoms with Gasteiger partial charge in [-0.15, -0.1) is 0 Å². The van der Waals surface area contributed by atoms with Crippen LogP contribution in [0.4, 0.5) is 0 Å². The van der Waals surface area contributed by atoms with E-state index in [1.165, 1.54) is 33.4 Å². The lowest BCUT2D eigenvalue weighted by Gasteiger charge is -2.14. The quantitative estimate of drug-likeness (QED) is 0.733. The minimum absolute atomic E-state index is 0.468. The van der Waals surface area contributed by atoms with E-state index in [9.17, 15) is 0 Å². The van der Waals surface area contributed by atoms with E-state index in [0.29, 0.717) is 5.92 Å². The van der Waals surface area contributed by atoms with E-state index in [-0.39, 0.29) is 0 Å². The Morgan fingerprint density at radius 2 is 1.61 bits per heavy atom. The van der Waals surface area contributed by atoms with Crippen LogP contribution in [-0.4, -0.2) is 7.11 Å². The van der Waals surface area contributed by atoms with Gasteiger partial charge in [0.2, 0.25) is 0 Å². The molecule has 1 nitrogen and oxygen atoms in total. The Kier molecular flexibility index (Phi) is 3.42. The van der Waals surface area contributed by atoms with Gasteiger partial charge < -0.3 is 4.74 Å². The minimum atomic E-state index is 0.468. The molecule has 1 atom stereocenters. The topological polar surface area (TPSA) is 9.23 Å². The molecule has 1 heteroatoms.